The second kappa shape index (κ2) is 7.60. The number of nitrogens with zero attached hydrogens (tertiary/aromatic N) is 3. The van der Waals surface area contributed by atoms with Crippen molar-refractivity contribution in [2.24, 2.45) is 0 Å². The molecule has 134 valence electrons. The van der Waals surface area contributed by atoms with Crippen LogP contribution in [-0.2, 0) is 13.1 Å². The molecule has 6 heteroatoms. The lowest BCUT2D eigenvalue weighted by atomic mass is 10.1. The van der Waals surface area contributed by atoms with Crippen LogP contribution in [-0.4, -0.2) is 20.7 Å². The molecule has 0 atom stereocenters. The highest BCUT2D eigenvalue weighted by atomic mass is 35.5. The Balaban J connectivity index is 1.54. The first kappa shape index (κ1) is 17.2. The first-order valence-corrected chi connectivity index (χ1v) is 8.94. The molecular weight excluding hydrogens is 360 g/mol. The highest BCUT2D eigenvalue weighted by Gasteiger charge is 2.10. The molecule has 0 spiro atoms. The van der Waals surface area contributed by atoms with Crippen LogP contribution in [0.15, 0.2) is 73.2 Å². The number of pyridine rings is 1. The van der Waals surface area contributed by atoms with Gasteiger partial charge in [-0.1, -0.05) is 35.9 Å². The van der Waals surface area contributed by atoms with Crippen LogP contribution in [0.3, 0.4) is 0 Å². The molecule has 4 aromatic rings. The van der Waals surface area contributed by atoms with Crippen LogP contribution in [0.25, 0.3) is 10.9 Å². The molecule has 1 N–H and O–H groups in total. The van der Waals surface area contributed by atoms with Gasteiger partial charge in [0.05, 0.1) is 18.3 Å². The van der Waals surface area contributed by atoms with Crippen LogP contribution < -0.4 is 5.32 Å². The summed E-state index contributed by atoms with van der Waals surface area (Å²) in [5.74, 6) is -0.125. The summed E-state index contributed by atoms with van der Waals surface area (Å²) in [6, 6.07) is 17.0. The maximum Gasteiger partial charge on any atom is 0.251 e. The van der Waals surface area contributed by atoms with E-state index in [0.717, 1.165) is 22.0 Å². The Morgan fingerprint density at radius 2 is 1.89 bits per heavy atom. The van der Waals surface area contributed by atoms with Crippen LogP contribution in [0.5, 0.6) is 0 Å². The van der Waals surface area contributed by atoms with E-state index in [4.69, 9.17) is 11.6 Å². The van der Waals surface area contributed by atoms with Gasteiger partial charge in [0.2, 0.25) is 0 Å². The zero-order valence-corrected chi connectivity index (χ0v) is 15.2. The second-order valence-corrected chi connectivity index (χ2v) is 6.68. The van der Waals surface area contributed by atoms with E-state index < -0.39 is 0 Å². The van der Waals surface area contributed by atoms with Gasteiger partial charge in [-0.25, -0.2) is 0 Å². The van der Waals surface area contributed by atoms with Crippen molar-refractivity contribution in [1.29, 1.82) is 0 Å². The molecule has 27 heavy (non-hydrogen) atoms. The average Bonchev–Trinajstić information content (AvgIpc) is 3.11. The molecule has 0 saturated heterocycles. The maximum absolute atomic E-state index is 12.5. The molecule has 2 aromatic carbocycles. The van der Waals surface area contributed by atoms with E-state index in [1.807, 2.05) is 65.5 Å². The first-order chi connectivity index (χ1) is 13.2. The summed E-state index contributed by atoms with van der Waals surface area (Å²) in [7, 11) is 0. The van der Waals surface area contributed by atoms with E-state index in [9.17, 15) is 4.79 Å². The van der Waals surface area contributed by atoms with E-state index in [-0.39, 0.29) is 5.91 Å². The highest BCUT2D eigenvalue weighted by Crippen LogP contribution is 2.18. The van der Waals surface area contributed by atoms with E-state index in [0.29, 0.717) is 23.7 Å². The van der Waals surface area contributed by atoms with Crippen molar-refractivity contribution in [2.75, 3.05) is 0 Å². The van der Waals surface area contributed by atoms with Crippen molar-refractivity contribution in [1.82, 2.24) is 20.1 Å². The smallest absolute Gasteiger partial charge is 0.251 e. The number of rotatable bonds is 5. The Bertz CT molecular complexity index is 1070. The van der Waals surface area contributed by atoms with Gasteiger partial charge in [-0.05, 0) is 41.5 Å². The number of aromatic nitrogens is 3. The van der Waals surface area contributed by atoms with Gasteiger partial charge in [-0.3, -0.25) is 14.5 Å². The molecule has 0 aliphatic carbocycles. The fraction of sp³-hybridized carbons (Fsp3) is 0.0952. The summed E-state index contributed by atoms with van der Waals surface area (Å²) in [6.07, 6.45) is 5.26. The predicted octanol–water partition coefficient (Wildman–Crippen LogP) is 4.06. The van der Waals surface area contributed by atoms with Crippen molar-refractivity contribution >= 4 is 28.4 Å². The number of hydrogen-bond acceptors (Lipinski definition) is 3. The third-order valence-corrected chi connectivity index (χ3v) is 4.58. The van der Waals surface area contributed by atoms with Gasteiger partial charge in [-0.15, -0.1) is 0 Å². The lowest BCUT2D eigenvalue weighted by molar-refractivity contribution is 0.0951. The fourth-order valence-electron chi connectivity index (χ4n) is 2.89. The number of benzene rings is 2. The second-order valence-electron chi connectivity index (χ2n) is 6.25. The quantitative estimate of drug-likeness (QED) is 0.571. The molecule has 0 saturated carbocycles. The average molecular weight is 377 g/mol. The summed E-state index contributed by atoms with van der Waals surface area (Å²) in [6.45, 7) is 1.05. The van der Waals surface area contributed by atoms with E-state index >= 15 is 0 Å². The molecule has 0 radical (unpaired) electrons. The molecule has 1 amide bonds. The molecule has 5 nitrogen and oxygen atoms in total. The Hall–Kier alpha value is -3.18. The number of amides is 1. The largest absolute Gasteiger partial charge is 0.348 e. The number of carbonyl (C=O) groups excluding carboxylic acids is 1. The standard InChI is InChI=1S/C21H17ClN4O/c22-19-7-3-15(4-8-19)14-26-20-10-17(5-6-18(20)13-25-26)21(27)24-12-16-2-1-9-23-11-16/h1-11,13H,12,14H2,(H,24,27). The van der Waals surface area contributed by atoms with Gasteiger partial charge in [0.25, 0.3) is 5.91 Å². The number of halogens is 1. The van der Waals surface area contributed by atoms with Gasteiger partial charge in [0, 0.05) is 34.9 Å². The van der Waals surface area contributed by atoms with Crippen molar-refractivity contribution in [2.45, 2.75) is 13.1 Å². The van der Waals surface area contributed by atoms with Gasteiger partial charge in [0.15, 0.2) is 0 Å². The first-order valence-electron chi connectivity index (χ1n) is 8.56. The molecule has 2 aromatic heterocycles. The van der Waals surface area contributed by atoms with Crippen molar-refractivity contribution in [3.63, 3.8) is 0 Å². The van der Waals surface area contributed by atoms with Crippen molar-refractivity contribution < 1.29 is 4.79 Å². The number of hydrogen-bond donors (Lipinski definition) is 1. The minimum Gasteiger partial charge on any atom is -0.348 e. The zero-order valence-electron chi connectivity index (χ0n) is 14.5. The summed E-state index contributed by atoms with van der Waals surface area (Å²) in [4.78, 5) is 16.6. The van der Waals surface area contributed by atoms with Gasteiger partial charge in [-0.2, -0.15) is 5.10 Å². The van der Waals surface area contributed by atoms with Crippen LogP contribution in [0.1, 0.15) is 21.5 Å². The zero-order chi connectivity index (χ0) is 18.6. The van der Waals surface area contributed by atoms with Crippen LogP contribution >= 0.6 is 11.6 Å². The summed E-state index contributed by atoms with van der Waals surface area (Å²) in [5, 5.41) is 9.07. The van der Waals surface area contributed by atoms with Gasteiger partial charge in [0.1, 0.15) is 0 Å². The lowest BCUT2D eigenvalue weighted by Crippen LogP contribution is -2.22. The molecule has 0 fully saturated rings. The molecule has 2 heterocycles. The molecule has 0 aliphatic heterocycles. The number of fused-ring (bicyclic) bond motifs is 1. The summed E-state index contributed by atoms with van der Waals surface area (Å²) >= 11 is 5.95. The Morgan fingerprint density at radius 1 is 1.04 bits per heavy atom. The molecule has 0 bridgehead atoms. The molecular formula is C21H17ClN4O. The third kappa shape index (κ3) is 3.99. The fourth-order valence-corrected chi connectivity index (χ4v) is 3.01. The van der Waals surface area contributed by atoms with Crippen LogP contribution in [0.2, 0.25) is 5.02 Å². The number of carbonyl (C=O) groups is 1. The minimum atomic E-state index is -0.125. The van der Waals surface area contributed by atoms with Crippen molar-refractivity contribution in [3.05, 3.63) is 94.9 Å². The Morgan fingerprint density at radius 3 is 2.67 bits per heavy atom. The van der Waals surface area contributed by atoms with Gasteiger partial charge >= 0.3 is 0 Å². The van der Waals surface area contributed by atoms with Gasteiger partial charge < -0.3 is 5.32 Å². The molecule has 0 unspecified atom stereocenters. The summed E-state index contributed by atoms with van der Waals surface area (Å²) in [5.41, 5.74) is 3.57. The topological polar surface area (TPSA) is 59.8 Å². The monoisotopic (exact) mass is 376 g/mol. The van der Waals surface area contributed by atoms with E-state index in [1.165, 1.54) is 0 Å². The molecule has 4 rings (SSSR count). The summed E-state index contributed by atoms with van der Waals surface area (Å²) < 4.78 is 1.89. The normalized spacial score (nSPS) is 10.9. The maximum atomic E-state index is 12.5. The van der Waals surface area contributed by atoms with E-state index in [2.05, 4.69) is 15.4 Å². The van der Waals surface area contributed by atoms with Crippen LogP contribution in [0, 0.1) is 0 Å². The SMILES string of the molecule is O=C(NCc1cccnc1)c1ccc2cnn(Cc3ccc(Cl)cc3)c2c1. The van der Waals surface area contributed by atoms with Crippen LogP contribution in [0.4, 0.5) is 0 Å². The lowest BCUT2D eigenvalue weighted by Gasteiger charge is -2.07. The third-order valence-electron chi connectivity index (χ3n) is 4.33. The van der Waals surface area contributed by atoms with E-state index in [1.54, 1.807) is 12.4 Å². The highest BCUT2D eigenvalue weighted by molar-refractivity contribution is 6.30. The molecule has 0 aliphatic rings. The number of nitrogens with one attached hydrogen (secondary N) is 1. The Labute approximate surface area is 161 Å². The minimum absolute atomic E-state index is 0.125. The Kier molecular flexibility index (Phi) is 4.85. The van der Waals surface area contributed by atoms with Crippen molar-refractivity contribution in [3.8, 4) is 0 Å². The predicted molar refractivity (Wildman–Crippen MR) is 106 cm³/mol.